The maximum atomic E-state index is 13.6. The highest BCUT2D eigenvalue weighted by Crippen LogP contribution is 2.60. The summed E-state index contributed by atoms with van der Waals surface area (Å²) in [6, 6.07) is 4.46. The topological polar surface area (TPSA) is 96.0 Å². The normalized spacial score (nSPS) is 30.7. The second kappa shape index (κ2) is 8.68. The van der Waals surface area contributed by atoms with Crippen LogP contribution < -0.4 is 10.1 Å². The first-order chi connectivity index (χ1) is 16.2. The van der Waals surface area contributed by atoms with E-state index in [-0.39, 0.29) is 35.1 Å². The van der Waals surface area contributed by atoms with E-state index < -0.39 is 15.9 Å². The van der Waals surface area contributed by atoms with E-state index in [9.17, 15) is 18.0 Å². The average Bonchev–Trinajstić information content (AvgIpc) is 2.82. The Morgan fingerprint density at radius 2 is 1.65 bits per heavy atom. The van der Waals surface area contributed by atoms with E-state index in [4.69, 9.17) is 4.74 Å². The van der Waals surface area contributed by atoms with Crippen molar-refractivity contribution < 1.29 is 22.7 Å². The number of amides is 2. The number of benzene rings is 1. The minimum atomic E-state index is -3.81. The van der Waals surface area contributed by atoms with Crippen LogP contribution in [0.4, 0.5) is 5.69 Å². The molecule has 6 rings (SSSR count). The van der Waals surface area contributed by atoms with Gasteiger partial charge in [0.1, 0.15) is 10.6 Å². The third-order valence-electron chi connectivity index (χ3n) is 8.25. The summed E-state index contributed by atoms with van der Waals surface area (Å²) in [6.45, 7) is 4.76. The SMILES string of the molecule is C=CC(=O)Nc1ccc(S(=O)(=O)N2CCN(C(=O)C34CC5CC(CC(C5)C3)C4)CC2)c(OC)c1. The predicted molar refractivity (Wildman–Crippen MR) is 128 cm³/mol. The zero-order valence-electron chi connectivity index (χ0n) is 19.7. The number of hydrogen-bond donors (Lipinski definition) is 1. The number of methoxy groups -OCH3 is 1. The number of rotatable bonds is 6. The molecule has 4 saturated carbocycles. The molecule has 1 heterocycles. The lowest BCUT2D eigenvalue weighted by Gasteiger charge is -2.57. The smallest absolute Gasteiger partial charge is 0.247 e. The lowest BCUT2D eigenvalue weighted by atomic mass is 9.49. The van der Waals surface area contributed by atoms with Crippen molar-refractivity contribution in [2.24, 2.45) is 23.2 Å². The van der Waals surface area contributed by atoms with Crippen LogP contribution in [0.3, 0.4) is 0 Å². The Bertz CT molecular complexity index is 1070. The van der Waals surface area contributed by atoms with Crippen LogP contribution in [0.2, 0.25) is 0 Å². The van der Waals surface area contributed by atoms with E-state index in [0.717, 1.165) is 25.3 Å². The lowest BCUT2D eigenvalue weighted by molar-refractivity contribution is -0.158. The van der Waals surface area contributed by atoms with Crippen molar-refractivity contribution in [3.8, 4) is 5.75 Å². The molecular weight excluding hydrogens is 454 g/mol. The third kappa shape index (κ3) is 4.02. The van der Waals surface area contributed by atoms with Crippen LogP contribution in [0.5, 0.6) is 5.75 Å². The Kier molecular flexibility index (Phi) is 5.96. The van der Waals surface area contributed by atoms with E-state index in [1.807, 2.05) is 4.90 Å². The number of carbonyl (C=O) groups excluding carboxylic acids is 2. The van der Waals surface area contributed by atoms with Gasteiger partial charge in [-0.2, -0.15) is 4.31 Å². The van der Waals surface area contributed by atoms with Crippen LogP contribution in [-0.2, 0) is 19.6 Å². The van der Waals surface area contributed by atoms with Crippen LogP contribution in [0.15, 0.2) is 35.7 Å². The number of ether oxygens (including phenoxy) is 1. The summed E-state index contributed by atoms with van der Waals surface area (Å²) >= 11 is 0. The summed E-state index contributed by atoms with van der Waals surface area (Å²) < 4.78 is 33.5. The summed E-state index contributed by atoms with van der Waals surface area (Å²) in [5.74, 6) is 2.12. The van der Waals surface area contributed by atoms with Crippen LogP contribution in [0.1, 0.15) is 38.5 Å². The monoisotopic (exact) mass is 487 g/mol. The first kappa shape index (κ1) is 23.4. The molecular formula is C25H33N3O5S. The highest BCUT2D eigenvalue weighted by Gasteiger charge is 2.55. The van der Waals surface area contributed by atoms with Gasteiger partial charge in [0, 0.05) is 37.9 Å². The quantitative estimate of drug-likeness (QED) is 0.623. The molecule has 5 fully saturated rings. The van der Waals surface area contributed by atoms with Crippen molar-refractivity contribution in [3.05, 3.63) is 30.9 Å². The Hall–Kier alpha value is -2.39. The lowest BCUT2D eigenvalue weighted by Crippen LogP contribution is -2.58. The molecule has 0 atom stereocenters. The van der Waals surface area contributed by atoms with Gasteiger partial charge in [-0.3, -0.25) is 9.59 Å². The van der Waals surface area contributed by atoms with Crippen molar-refractivity contribution in [1.82, 2.24) is 9.21 Å². The first-order valence-electron chi connectivity index (χ1n) is 12.1. The van der Waals surface area contributed by atoms with Crippen LogP contribution in [0, 0.1) is 23.2 Å². The highest BCUT2D eigenvalue weighted by atomic mass is 32.2. The number of hydrogen-bond acceptors (Lipinski definition) is 5. The number of carbonyl (C=O) groups is 2. The predicted octanol–water partition coefficient (Wildman–Crippen LogP) is 2.87. The third-order valence-corrected chi connectivity index (χ3v) is 10.2. The zero-order chi connectivity index (χ0) is 24.1. The van der Waals surface area contributed by atoms with Gasteiger partial charge >= 0.3 is 0 Å². The number of sulfonamides is 1. The molecule has 1 aliphatic heterocycles. The maximum absolute atomic E-state index is 13.6. The molecule has 0 unspecified atom stereocenters. The van der Waals surface area contributed by atoms with E-state index in [0.29, 0.717) is 36.5 Å². The standard InChI is InChI=1S/C25H33N3O5S/c1-3-23(29)26-20-4-5-22(21(13-20)33-2)34(31,32)28-8-6-27(7-9-28)24(30)25-14-17-10-18(15-25)12-19(11-17)16-25/h3-5,13,17-19H,1,6-12,14-16H2,2H3,(H,26,29). The molecule has 1 N–H and O–H groups in total. The molecule has 1 aromatic rings. The van der Waals surface area contributed by atoms with Gasteiger partial charge in [-0.1, -0.05) is 6.58 Å². The second-order valence-electron chi connectivity index (χ2n) is 10.5. The Morgan fingerprint density at radius 1 is 1.06 bits per heavy atom. The van der Waals surface area contributed by atoms with Gasteiger partial charge in [-0.25, -0.2) is 8.42 Å². The number of nitrogens with zero attached hydrogens (tertiary/aromatic N) is 2. The van der Waals surface area contributed by atoms with Crippen molar-refractivity contribution in [2.75, 3.05) is 38.6 Å². The van der Waals surface area contributed by atoms with Crippen molar-refractivity contribution in [1.29, 1.82) is 0 Å². The summed E-state index contributed by atoms with van der Waals surface area (Å²) in [5.41, 5.74) is 0.219. The first-order valence-corrected chi connectivity index (χ1v) is 13.6. The molecule has 184 valence electrons. The number of piperazine rings is 1. The molecule has 0 aromatic heterocycles. The van der Waals surface area contributed by atoms with E-state index >= 15 is 0 Å². The Balaban J connectivity index is 1.27. The minimum Gasteiger partial charge on any atom is -0.495 e. The summed E-state index contributed by atoms with van der Waals surface area (Å²) in [6.07, 6.45) is 8.05. The Labute approximate surface area is 201 Å². The van der Waals surface area contributed by atoms with Gasteiger partial charge in [-0.15, -0.1) is 0 Å². The number of anilines is 1. The number of nitrogens with one attached hydrogen (secondary N) is 1. The zero-order valence-corrected chi connectivity index (χ0v) is 20.5. The van der Waals surface area contributed by atoms with Gasteiger partial charge in [0.15, 0.2) is 0 Å². The van der Waals surface area contributed by atoms with Crippen LogP contribution >= 0.6 is 0 Å². The molecule has 0 spiro atoms. The van der Waals surface area contributed by atoms with E-state index in [2.05, 4.69) is 11.9 Å². The molecule has 9 heteroatoms. The van der Waals surface area contributed by atoms with Crippen molar-refractivity contribution >= 4 is 27.5 Å². The van der Waals surface area contributed by atoms with Gasteiger partial charge in [0.25, 0.3) is 0 Å². The molecule has 2 amide bonds. The molecule has 0 radical (unpaired) electrons. The molecule has 1 aromatic carbocycles. The fourth-order valence-electron chi connectivity index (χ4n) is 7.13. The molecule has 1 saturated heterocycles. The molecule has 34 heavy (non-hydrogen) atoms. The van der Waals surface area contributed by atoms with Gasteiger partial charge in [0.05, 0.1) is 12.5 Å². The summed E-state index contributed by atoms with van der Waals surface area (Å²) in [5, 5.41) is 2.61. The van der Waals surface area contributed by atoms with Crippen LogP contribution in [-0.4, -0.2) is 62.7 Å². The summed E-state index contributed by atoms with van der Waals surface area (Å²) in [4.78, 5) is 27.1. The van der Waals surface area contributed by atoms with Gasteiger partial charge in [0.2, 0.25) is 21.8 Å². The van der Waals surface area contributed by atoms with E-state index in [1.54, 1.807) is 0 Å². The second-order valence-corrected chi connectivity index (χ2v) is 12.4. The fourth-order valence-corrected chi connectivity index (χ4v) is 8.69. The molecule has 4 bridgehead atoms. The largest absolute Gasteiger partial charge is 0.495 e. The van der Waals surface area contributed by atoms with Gasteiger partial charge in [-0.05, 0) is 74.5 Å². The maximum Gasteiger partial charge on any atom is 0.247 e. The Morgan fingerprint density at radius 3 is 2.18 bits per heavy atom. The van der Waals surface area contributed by atoms with Crippen LogP contribution in [0.25, 0.3) is 0 Å². The molecule has 4 aliphatic carbocycles. The fraction of sp³-hybridized carbons (Fsp3) is 0.600. The minimum absolute atomic E-state index is 0.0486. The van der Waals surface area contributed by atoms with Crippen molar-refractivity contribution in [2.45, 2.75) is 43.4 Å². The van der Waals surface area contributed by atoms with Gasteiger partial charge < -0.3 is 15.0 Å². The van der Waals surface area contributed by atoms with Crippen molar-refractivity contribution in [3.63, 3.8) is 0 Å². The van der Waals surface area contributed by atoms with E-state index in [1.165, 1.54) is 48.9 Å². The molecule has 5 aliphatic rings. The summed E-state index contributed by atoms with van der Waals surface area (Å²) in [7, 11) is -2.41. The average molecular weight is 488 g/mol. The molecule has 8 nitrogen and oxygen atoms in total. The highest BCUT2D eigenvalue weighted by molar-refractivity contribution is 7.89.